The van der Waals surface area contributed by atoms with Crippen molar-refractivity contribution in [2.24, 2.45) is 5.41 Å². The first-order valence-electron chi connectivity index (χ1n) is 11.8. The fourth-order valence-electron chi connectivity index (χ4n) is 5.33. The van der Waals surface area contributed by atoms with E-state index in [0.717, 1.165) is 5.56 Å². The summed E-state index contributed by atoms with van der Waals surface area (Å²) >= 11 is 0. The van der Waals surface area contributed by atoms with Crippen LogP contribution in [0.1, 0.15) is 43.2 Å². The van der Waals surface area contributed by atoms with Gasteiger partial charge in [-0.2, -0.15) is 5.26 Å². The summed E-state index contributed by atoms with van der Waals surface area (Å²) in [6.07, 6.45) is 3.62. The number of nitrogens with zero attached hydrogens (tertiary/aromatic N) is 1. The fourth-order valence-corrected chi connectivity index (χ4v) is 5.33. The maximum atomic E-state index is 15.2. The van der Waals surface area contributed by atoms with Gasteiger partial charge in [0.2, 0.25) is 0 Å². The van der Waals surface area contributed by atoms with Crippen LogP contribution in [0.5, 0.6) is 23.0 Å². The van der Waals surface area contributed by atoms with Crippen molar-refractivity contribution in [1.29, 1.82) is 5.26 Å². The minimum Gasteiger partial charge on any atom is -0.507 e. The molecule has 0 spiro atoms. The molecule has 0 amide bonds. The number of carbonyl (C=O) groups is 1. The third kappa shape index (κ3) is 4.15. The first-order chi connectivity index (χ1) is 17.3. The summed E-state index contributed by atoms with van der Waals surface area (Å²) < 4.78 is 38.1. The molecule has 0 aromatic heterocycles. The molecule has 0 bridgehead atoms. The Bertz CT molecular complexity index is 1310. The van der Waals surface area contributed by atoms with Crippen molar-refractivity contribution in [3.8, 4) is 29.1 Å². The van der Waals surface area contributed by atoms with Gasteiger partial charge in [0.25, 0.3) is 0 Å². The molecule has 36 heavy (non-hydrogen) atoms. The number of ether oxygens (including phenoxy) is 4. The second kappa shape index (κ2) is 9.23. The van der Waals surface area contributed by atoms with E-state index in [0.29, 0.717) is 42.3 Å². The zero-order valence-corrected chi connectivity index (χ0v) is 20.0. The van der Waals surface area contributed by atoms with Crippen LogP contribution in [0.2, 0.25) is 0 Å². The van der Waals surface area contributed by atoms with Crippen LogP contribution in [0.25, 0.3) is 0 Å². The van der Waals surface area contributed by atoms with Gasteiger partial charge in [-0.25, -0.2) is 4.39 Å². The van der Waals surface area contributed by atoms with Gasteiger partial charge >= 0.3 is 5.97 Å². The molecule has 1 fully saturated rings. The van der Waals surface area contributed by atoms with Crippen molar-refractivity contribution < 1.29 is 33.2 Å². The van der Waals surface area contributed by atoms with E-state index in [1.807, 2.05) is 25.1 Å². The Morgan fingerprint density at radius 1 is 1.25 bits per heavy atom. The van der Waals surface area contributed by atoms with E-state index in [1.165, 1.54) is 25.3 Å². The highest BCUT2D eigenvalue weighted by Crippen LogP contribution is 2.52. The van der Waals surface area contributed by atoms with Crippen molar-refractivity contribution in [2.75, 3.05) is 13.7 Å². The first-order valence-corrected chi connectivity index (χ1v) is 11.8. The average molecular weight is 492 g/mol. The molecule has 1 saturated carbocycles. The molecule has 8 heteroatoms. The highest BCUT2D eigenvalue weighted by atomic mass is 19.1. The second-order valence-corrected chi connectivity index (χ2v) is 9.50. The number of hydrogen-bond acceptors (Lipinski definition) is 7. The second-order valence-electron chi connectivity index (χ2n) is 9.50. The van der Waals surface area contributed by atoms with E-state index in [1.54, 1.807) is 18.2 Å². The smallest absolute Gasteiger partial charge is 0.306 e. The zero-order valence-electron chi connectivity index (χ0n) is 20.0. The number of aromatic hydroxyl groups is 1. The van der Waals surface area contributed by atoms with E-state index in [-0.39, 0.29) is 35.4 Å². The van der Waals surface area contributed by atoms with Crippen LogP contribution >= 0.6 is 0 Å². The number of rotatable bonds is 6. The average Bonchev–Trinajstić information content (AvgIpc) is 3.43. The van der Waals surface area contributed by atoms with Crippen LogP contribution in [-0.2, 0) is 9.53 Å². The van der Waals surface area contributed by atoms with E-state index < -0.39 is 17.6 Å². The standard InChI is InChI=1S/C28H26FNO6/c1-28-10-9-23(35-19-3-5-20-17(12-26(32)33-2)15-34-24(20)13-19)27(28)21(29)6-8-25(28)36-18-4-7-22(31)16(11-18)14-30/h3-8,11,13,17,23,25,31H,9-10,12,15H2,1-2H3/t17-,23-,25?,28?/m1/s1. The van der Waals surface area contributed by atoms with Crippen molar-refractivity contribution in [3.63, 3.8) is 0 Å². The number of nitriles is 1. The summed E-state index contributed by atoms with van der Waals surface area (Å²) in [4.78, 5) is 11.7. The number of benzene rings is 2. The van der Waals surface area contributed by atoms with E-state index in [9.17, 15) is 15.2 Å². The third-order valence-corrected chi connectivity index (χ3v) is 7.30. The predicted octanol–water partition coefficient (Wildman–Crippen LogP) is 5.09. The van der Waals surface area contributed by atoms with E-state index >= 15 is 4.39 Å². The largest absolute Gasteiger partial charge is 0.507 e. The van der Waals surface area contributed by atoms with E-state index in [4.69, 9.17) is 18.9 Å². The summed E-state index contributed by atoms with van der Waals surface area (Å²) in [5.74, 6) is 0.823. The van der Waals surface area contributed by atoms with Gasteiger partial charge in [-0.3, -0.25) is 4.79 Å². The van der Waals surface area contributed by atoms with Crippen molar-refractivity contribution in [3.05, 3.63) is 71.1 Å². The summed E-state index contributed by atoms with van der Waals surface area (Å²) in [6, 6.07) is 11.9. The van der Waals surface area contributed by atoms with Crippen LogP contribution in [0.15, 0.2) is 60.0 Å². The molecule has 1 N–H and O–H groups in total. The highest BCUT2D eigenvalue weighted by molar-refractivity contribution is 5.71. The monoisotopic (exact) mass is 491 g/mol. The van der Waals surface area contributed by atoms with Crippen LogP contribution in [0, 0.1) is 16.7 Å². The van der Waals surface area contributed by atoms with Gasteiger partial charge in [0.05, 0.1) is 25.7 Å². The molecule has 7 nitrogen and oxygen atoms in total. The zero-order chi connectivity index (χ0) is 25.4. The molecule has 0 radical (unpaired) electrons. The summed E-state index contributed by atoms with van der Waals surface area (Å²) in [5, 5.41) is 19.0. The number of halogens is 1. The summed E-state index contributed by atoms with van der Waals surface area (Å²) in [7, 11) is 1.36. The molecule has 1 heterocycles. The molecule has 2 aromatic rings. The predicted molar refractivity (Wildman–Crippen MR) is 128 cm³/mol. The van der Waals surface area contributed by atoms with Gasteiger partial charge in [0.15, 0.2) is 0 Å². The van der Waals surface area contributed by atoms with Gasteiger partial charge in [-0.15, -0.1) is 0 Å². The molecule has 4 atom stereocenters. The number of phenolic OH excluding ortho intramolecular Hbond substituents is 1. The normalized spacial score (nSPS) is 26.0. The first kappa shape index (κ1) is 23.7. The van der Waals surface area contributed by atoms with Crippen LogP contribution in [0.4, 0.5) is 4.39 Å². The summed E-state index contributed by atoms with van der Waals surface area (Å²) in [5.41, 5.74) is 0.931. The summed E-state index contributed by atoms with van der Waals surface area (Å²) in [6.45, 7) is 2.35. The van der Waals surface area contributed by atoms with Crippen LogP contribution in [0.3, 0.4) is 0 Å². The number of allylic oxidation sites excluding steroid dienone is 2. The molecule has 186 valence electrons. The molecule has 2 aliphatic carbocycles. The fraction of sp³-hybridized carbons (Fsp3) is 0.357. The Hall–Kier alpha value is -3.99. The molecular weight excluding hydrogens is 465 g/mol. The van der Waals surface area contributed by atoms with Crippen LogP contribution < -0.4 is 14.2 Å². The quantitative estimate of drug-likeness (QED) is 0.562. The minimum absolute atomic E-state index is 0.0701. The Morgan fingerprint density at radius 3 is 2.81 bits per heavy atom. The Balaban J connectivity index is 1.34. The lowest BCUT2D eigenvalue weighted by Crippen LogP contribution is -2.38. The molecule has 1 aliphatic heterocycles. The Morgan fingerprint density at radius 2 is 2.03 bits per heavy atom. The molecule has 0 saturated heterocycles. The van der Waals surface area contributed by atoms with Gasteiger partial charge < -0.3 is 24.1 Å². The van der Waals surface area contributed by atoms with Crippen molar-refractivity contribution in [2.45, 2.75) is 44.3 Å². The van der Waals surface area contributed by atoms with E-state index in [2.05, 4.69) is 0 Å². The molecule has 5 rings (SSSR count). The minimum atomic E-state index is -0.646. The number of esters is 1. The molecule has 2 aromatic carbocycles. The topological polar surface area (TPSA) is 98.0 Å². The van der Waals surface area contributed by atoms with Crippen LogP contribution in [-0.4, -0.2) is 37.0 Å². The lowest BCUT2D eigenvalue weighted by Gasteiger charge is -2.37. The Kier molecular flexibility index (Phi) is 6.09. The lowest BCUT2D eigenvalue weighted by atomic mass is 9.75. The number of methoxy groups -OCH3 is 1. The number of fused-ring (bicyclic) bond motifs is 2. The van der Waals surface area contributed by atoms with Crippen molar-refractivity contribution in [1.82, 2.24) is 0 Å². The third-order valence-electron chi connectivity index (χ3n) is 7.30. The van der Waals surface area contributed by atoms with Gasteiger partial charge in [-0.05, 0) is 43.2 Å². The molecule has 2 unspecified atom stereocenters. The SMILES string of the molecule is COC(=O)C[C@@H]1COc2cc(O[C@@H]3CCC4(C)C3=C(F)C=CC4Oc3ccc(O)c(C#N)c3)ccc21. The number of hydrogen-bond donors (Lipinski definition) is 1. The van der Waals surface area contributed by atoms with Crippen molar-refractivity contribution >= 4 is 5.97 Å². The maximum absolute atomic E-state index is 15.2. The lowest BCUT2D eigenvalue weighted by molar-refractivity contribution is -0.141. The molecular formula is C28H26FNO6. The van der Waals surface area contributed by atoms with Gasteiger partial charge in [-0.1, -0.05) is 13.0 Å². The maximum Gasteiger partial charge on any atom is 0.306 e. The Labute approximate surface area is 208 Å². The molecule has 3 aliphatic rings. The number of phenols is 1. The van der Waals surface area contributed by atoms with Gasteiger partial charge in [0, 0.05) is 34.6 Å². The number of carbonyl (C=O) groups excluding carboxylic acids is 1. The van der Waals surface area contributed by atoms with Gasteiger partial charge in [0.1, 0.15) is 47.1 Å². The highest BCUT2D eigenvalue weighted by Gasteiger charge is 2.51.